The lowest BCUT2D eigenvalue weighted by atomic mass is 10.0. The van der Waals surface area contributed by atoms with E-state index in [1.807, 2.05) is 36.4 Å². The summed E-state index contributed by atoms with van der Waals surface area (Å²) in [6.45, 7) is 0.369. The van der Waals surface area contributed by atoms with E-state index < -0.39 is 0 Å². The predicted octanol–water partition coefficient (Wildman–Crippen LogP) is 3.19. The second-order valence-corrected chi connectivity index (χ2v) is 5.09. The minimum atomic E-state index is 0.369. The largest absolute Gasteiger partial charge is 0.497 e. The fraction of sp³-hybridized carbons (Fsp3) is 0.125. The molecule has 0 atom stereocenters. The van der Waals surface area contributed by atoms with E-state index in [4.69, 9.17) is 22.1 Å². The molecule has 0 saturated carbocycles. The van der Waals surface area contributed by atoms with E-state index in [0.29, 0.717) is 17.4 Å². The normalized spacial score (nSPS) is 13.8. The van der Waals surface area contributed by atoms with Gasteiger partial charge in [-0.3, -0.25) is 4.99 Å². The quantitative estimate of drug-likeness (QED) is 0.926. The van der Waals surface area contributed by atoms with Crippen molar-refractivity contribution in [3.05, 3.63) is 58.6 Å². The predicted molar refractivity (Wildman–Crippen MR) is 86.2 cm³/mol. The van der Waals surface area contributed by atoms with Crippen molar-refractivity contribution >= 4 is 28.8 Å². The van der Waals surface area contributed by atoms with Crippen LogP contribution in [0.5, 0.6) is 5.75 Å². The van der Waals surface area contributed by atoms with Crippen LogP contribution in [0, 0.1) is 0 Å². The van der Waals surface area contributed by atoms with Gasteiger partial charge in [0.05, 0.1) is 25.1 Å². The maximum Gasteiger partial charge on any atom is 0.121 e. The molecule has 0 fully saturated rings. The molecular weight excluding hydrogens is 286 g/mol. The summed E-state index contributed by atoms with van der Waals surface area (Å²) in [6.07, 6.45) is 0. The molecule has 0 spiro atoms. The molecule has 2 N–H and O–H groups in total. The van der Waals surface area contributed by atoms with Gasteiger partial charge < -0.3 is 10.5 Å². The molecule has 106 valence electrons. The van der Waals surface area contributed by atoms with Gasteiger partial charge in [0.2, 0.25) is 0 Å². The van der Waals surface area contributed by atoms with Crippen LogP contribution in [-0.4, -0.2) is 25.2 Å². The van der Waals surface area contributed by atoms with E-state index >= 15 is 0 Å². The van der Waals surface area contributed by atoms with Gasteiger partial charge in [0.1, 0.15) is 11.6 Å². The number of benzene rings is 2. The zero-order valence-electron chi connectivity index (χ0n) is 11.5. The molecule has 0 unspecified atom stereocenters. The smallest absolute Gasteiger partial charge is 0.121 e. The monoisotopic (exact) mass is 299 g/mol. The zero-order valence-corrected chi connectivity index (χ0v) is 12.3. The van der Waals surface area contributed by atoms with Crippen molar-refractivity contribution in [3.63, 3.8) is 0 Å². The number of nitrogens with zero attached hydrogens (tertiary/aromatic N) is 2. The van der Waals surface area contributed by atoms with Crippen molar-refractivity contribution in [2.45, 2.75) is 0 Å². The molecule has 0 saturated heterocycles. The van der Waals surface area contributed by atoms with Crippen LogP contribution in [0.15, 0.2) is 52.4 Å². The third-order valence-electron chi connectivity index (χ3n) is 3.24. The third-order valence-corrected chi connectivity index (χ3v) is 3.48. The molecule has 2 aromatic rings. The summed E-state index contributed by atoms with van der Waals surface area (Å²) in [6, 6.07) is 13.2. The van der Waals surface area contributed by atoms with Crippen LogP contribution in [0.3, 0.4) is 0 Å². The highest BCUT2D eigenvalue weighted by Crippen LogP contribution is 2.28. The van der Waals surface area contributed by atoms with Crippen LogP contribution in [-0.2, 0) is 0 Å². The Labute approximate surface area is 127 Å². The number of amidine groups is 1. The molecule has 0 amide bonds. The molecule has 4 nitrogen and oxygen atoms in total. The highest BCUT2D eigenvalue weighted by Gasteiger charge is 2.15. The summed E-state index contributed by atoms with van der Waals surface area (Å²) in [7, 11) is 1.64. The van der Waals surface area contributed by atoms with Crippen molar-refractivity contribution in [2.75, 3.05) is 13.7 Å². The van der Waals surface area contributed by atoms with Crippen LogP contribution >= 0.6 is 11.6 Å². The Bertz CT molecular complexity index is 736. The summed E-state index contributed by atoms with van der Waals surface area (Å²) < 4.78 is 5.18. The van der Waals surface area contributed by atoms with E-state index in [1.165, 1.54) is 0 Å². The van der Waals surface area contributed by atoms with Crippen molar-refractivity contribution in [2.24, 2.45) is 15.7 Å². The fourth-order valence-electron chi connectivity index (χ4n) is 2.23. The number of nitrogens with two attached hydrogens (primary N) is 1. The topological polar surface area (TPSA) is 60.0 Å². The number of methoxy groups -OCH3 is 1. The number of hydrogen-bond donors (Lipinski definition) is 1. The van der Waals surface area contributed by atoms with Gasteiger partial charge in [0, 0.05) is 16.1 Å². The Balaban J connectivity index is 2.13. The molecule has 5 heteroatoms. The molecule has 0 aliphatic carbocycles. The van der Waals surface area contributed by atoms with Gasteiger partial charge >= 0.3 is 0 Å². The average molecular weight is 300 g/mol. The van der Waals surface area contributed by atoms with Gasteiger partial charge in [-0.25, -0.2) is 4.99 Å². The molecule has 0 aromatic heterocycles. The molecule has 3 rings (SSSR count). The highest BCUT2D eigenvalue weighted by molar-refractivity contribution is 6.31. The first-order chi connectivity index (χ1) is 10.2. The van der Waals surface area contributed by atoms with Gasteiger partial charge in [0.15, 0.2) is 0 Å². The van der Waals surface area contributed by atoms with Crippen molar-refractivity contribution in [1.82, 2.24) is 0 Å². The van der Waals surface area contributed by atoms with Crippen LogP contribution < -0.4 is 10.5 Å². The summed E-state index contributed by atoms with van der Waals surface area (Å²) >= 11 is 6.11. The number of halogens is 1. The van der Waals surface area contributed by atoms with Crippen LogP contribution in [0.25, 0.3) is 0 Å². The number of fused-ring (bicyclic) bond motifs is 1. The number of ether oxygens (including phenoxy) is 1. The Morgan fingerprint density at radius 2 is 1.90 bits per heavy atom. The lowest BCUT2D eigenvalue weighted by Gasteiger charge is -2.09. The van der Waals surface area contributed by atoms with Gasteiger partial charge in [-0.1, -0.05) is 11.6 Å². The van der Waals surface area contributed by atoms with E-state index in [2.05, 4.69) is 9.98 Å². The Morgan fingerprint density at radius 1 is 1.14 bits per heavy atom. The Morgan fingerprint density at radius 3 is 2.62 bits per heavy atom. The van der Waals surface area contributed by atoms with Crippen LogP contribution in [0.2, 0.25) is 5.02 Å². The molecule has 1 aliphatic rings. The van der Waals surface area contributed by atoms with E-state index in [0.717, 1.165) is 28.3 Å². The zero-order chi connectivity index (χ0) is 14.8. The molecule has 0 bridgehead atoms. The van der Waals surface area contributed by atoms with Crippen molar-refractivity contribution in [3.8, 4) is 5.75 Å². The first-order valence-corrected chi connectivity index (χ1v) is 6.87. The van der Waals surface area contributed by atoms with E-state index in [-0.39, 0.29) is 0 Å². The van der Waals surface area contributed by atoms with Gasteiger partial charge in [0.25, 0.3) is 0 Å². The second kappa shape index (κ2) is 5.58. The Kier molecular flexibility index (Phi) is 3.62. The molecule has 1 aliphatic heterocycles. The summed E-state index contributed by atoms with van der Waals surface area (Å²) in [5, 5.41) is 0.644. The number of hydrogen-bond acceptors (Lipinski definition) is 4. The minimum Gasteiger partial charge on any atom is -0.497 e. The van der Waals surface area contributed by atoms with E-state index in [9.17, 15) is 0 Å². The number of aliphatic imine (C=N–C) groups is 2. The first kappa shape index (κ1) is 13.6. The summed E-state index contributed by atoms with van der Waals surface area (Å²) in [4.78, 5) is 8.96. The van der Waals surface area contributed by atoms with Crippen molar-refractivity contribution in [1.29, 1.82) is 0 Å². The molecular formula is C16H14ClN3O. The minimum absolute atomic E-state index is 0.369. The fourth-order valence-corrected chi connectivity index (χ4v) is 2.40. The van der Waals surface area contributed by atoms with Gasteiger partial charge in [-0.05, 0) is 42.5 Å². The molecule has 1 heterocycles. The number of rotatable bonds is 2. The lowest BCUT2D eigenvalue weighted by Crippen LogP contribution is -2.14. The Hall–Kier alpha value is -2.33. The molecule has 0 radical (unpaired) electrons. The summed E-state index contributed by atoms with van der Waals surface area (Å²) in [5.74, 6) is 1.29. The maximum atomic E-state index is 6.11. The average Bonchev–Trinajstić information content (AvgIpc) is 2.66. The molecule has 21 heavy (non-hydrogen) atoms. The first-order valence-electron chi connectivity index (χ1n) is 6.49. The van der Waals surface area contributed by atoms with Gasteiger partial charge in [-0.2, -0.15) is 0 Å². The van der Waals surface area contributed by atoms with Crippen LogP contribution in [0.1, 0.15) is 11.1 Å². The highest BCUT2D eigenvalue weighted by atomic mass is 35.5. The maximum absolute atomic E-state index is 6.11. The van der Waals surface area contributed by atoms with Crippen molar-refractivity contribution < 1.29 is 4.74 Å². The SMILES string of the molecule is COc1ccc(C2=NCC(N)=Nc3ccc(Cl)cc32)cc1. The summed E-state index contributed by atoms with van der Waals surface area (Å²) in [5.41, 5.74) is 9.34. The standard InChI is InChI=1S/C16H14ClN3O/c1-21-12-5-2-10(3-6-12)16-13-8-11(17)4-7-14(13)20-15(18)9-19-16/h2-8H,9H2,1H3,(H2,18,20). The lowest BCUT2D eigenvalue weighted by molar-refractivity contribution is 0.415. The van der Waals surface area contributed by atoms with Crippen LogP contribution in [0.4, 0.5) is 5.69 Å². The molecule has 2 aromatic carbocycles. The second-order valence-electron chi connectivity index (χ2n) is 4.66. The van der Waals surface area contributed by atoms with Gasteiger partial charge in [-0.15, -0.1) is 0 Å². The third kappa shape index (κ3) is 2.76. The van der Waals surface area contributed by atoms with E-state index in [1.54, 1.807) is 13.2 Å².